The third-order valence-electron chi connectivity index (χ3n) is 4.56. The van der Waals surface area contributed by atoms with Crippen LogP contribution in [0.5, 0.6) is 0 Å². The van der Waals surface area contributed by atoms with Crippen LogP contribution in [-0.4, -0.2) is 173 Å². The van der Waals surface area contributed by atoms with Crippen molar-refractivity contribution < 1.29 is 77.8 Å². The van der Waals surface area contributed by atoms with Gasteiger partial charge in [-0.25, -0.2) is 0 Å². The Morgan fingerprint density at radius 3 is 1.03 bits per heavy atom. The van der Waals surface area contributed by atoms with Gasteiger partial charge in [-0.05, 0) is 0 Å². The fourth-order valence-electron chi connectivity index (χ4n) is 2.34. The van der Waals surface area contributed by atoms with Crippen LogP contribution in [0.2, 0.25) is 0 Å². The predicted molar refractivity (Wildman–Crippen MR) is 122 cm³/mol. The molecule has 220 valence electrons. The summed E-state index contributed by atoms with van der Waals surface area (Å²) in [5.41, 5.74) is -5.63. The van der Waals surface area contributed by atoms with Crippen molar-refractivity contribution in [1.82, 2.24) is 0 Å². The Bertz CT molecular complexity index is 798. The van der Waals surface area contributed by atoms with Gasteiger partial charge in [0.25, 0.3) is 0 Å². The topological polar surface area (TPSA) is 254 Å². The Kier molecular flexibility index (Phi) is 18.7. The monoisotopic (exact) mass is 592 g/mol. The molecule has 17 heteroatoms. The van der Waals surface area contributed by atoms with E-state index in [-0.39, 0.29) is 51.0 Å². The van der Waals surface area contributed by atoms with Gasteiger partial charge in [0, 0.05) is 24.8 Å². The van der Waals surface area contributed by atoms with E-state index < -0.39 is 72.7 Å². The molecule has 0 aliphatic heterocycles. The number of hydrogen-bond acceptors (Lipinski definition) is 14. The molecule has 0 saturated carbocycles. The zero-order chi connectivity index (χ0) is 30.5. The summed E-state index contributed by atoms with van der Waals surface area (Å²) in [4.78, 5) is 64.7. The first-order chi connectivity index (χ1) is 16.9. The van der Waals surface area contributed by atoms with Gasteiger partial charge >= 0.3 is 49.7 Å². The van der Waals surface area contributed by atoms with Crippen molar-refractivity contribution in [2.24, 2.45) is 0 Å². The molecule has 39 heavy (non-hydrogen) atoms. The molecule has 2 atom stereocenters. The second kappa shape index (κ2) is 17.6. The molecule has 0 spiro atoms. The second-order valence-electron chi connectivity index (χ2n) is 10.6. The maximum atomic E-state index is 11.3. The summed E-state index contributed by atoms with van der Waals surface area (Å²) in [5.74, 6) is -9.74. The van der Waals surface area contributed by atoms with E-state index in [9.17, 15) is 59.4 Å². The maximum absolute atomic E-state index is 11.3. The first-order valence-electron chi connectivity index (χ1n) is 11.1. The average molecular weight is 593 g/mol. The summed E-state index contributed by atoms with van der Waals surface area (Å²) in [6.07, 6.45) is -4.47. The van der Waals surface area contributed by atoms with Crippen LogP contribution in [0.25, 0.3) is 0 Å². The number of quaternary nitrogens is 2. The average Bonchev–Trinajstić information content (AvgIpc) is 2.64. The standard InChI is InChI=1S/2C11H19NO7.Ca/c2*1-12(2,3)4-5-19-9(15)7-11(18,10(16)17)6-8(13)14;/h2*18H,4-7H2,1-3H3,(H-,13,14,16,17);/q;;+2/p-2. The summed E-state index contributed by atoms with van der Waals surface area (Å²) in [6, 6.07) is 0. The number of carboxylic acid groups (broad SMARTS) is 4. The predicted octanol–water partition coefficient (Wildman–Crippen LogP) is -7.89. The molecule has 0 aromatic heterocycles. The molecule has 0 rings (SSSR count). The Morgan fingerprint density at radius 2 is 0.846 bits per heavy atom. The second-order valence-corrected chi connectivity index (χ2v) is 10.6. The van der Waals surface area contributed by atoms with E-state index in [1.54, 1.807) is 0 Å². The van der Waals surface area contributed by atoms with E-state index in [0.29, 0.717) is 22.1 Å². The number of likely N-dealkylation sites (N-methyl/N-ethyl adjacent to an activating group) is 2. The summed E-state index contributed by atoms with van der Waals surface area (Å²) in [7, 11) is 11.2. The number of nitrogens with zero attached hydrogens (tertiary/aromatic N) is 2. The normalized spacial score (nSPS) is 14.2. The molecule has 0 aromatic rings. The van der Waals surface area contributed by atoms with Crippen LogP contribution in [0.3, 0.4) is 0 Å². The molecule has 16 nitrogen and oxygen atoms in total. The SMILES string of the molecule is C[N+](C)(C)CCOC(=O)CC(O)(CC(=O)[O-])C(=O)[O-].C[N+](C)(C)CCOC(=O)CC(O)(CC(=O)[O-])C(=O)[O-].[Ca+2]. The van der Waals surface area contributed by atoms with Crippen molar-refractivity contribution in [1.29, 1.82) is 0 Å². The molecule has 0 aliphatic rings. The van der Waals surface area contributed by atoms with E-state index in [1.165, 1.54) is 0 Å². The molecule has 0 radical (unpaired) electrons. The largest absolute Gasteiger partial charge is 2.00 e. The van der Waals surface area contributed by atoms with Crippen molar-refractivity contribution in [2.75, 3.05) is 68.6 Å². The van der Waals surface area contributed by atoms with Crippen molar-refractivity contribution in [2.45, 2.75) is 36.9 Å². The van der Waals surface area contributed by atoms with Gasteiger partial charge < -0.3 is 68.3 Å². The minimum absolute atomic E-state index is 0. The summed E-state index contributed by atoms with van der Waals surface area (Å²) in [5, 5.41) is 61.0. The van der Waals surface area contributed by atoms with Gasteiger partial charge in [-0.15, -0.1) is 0 Å². The van der Waals surface area contributed by atoms with Crippen molar-refractivity contribution >= 4 is 73.6 Å². The van der Waals surface area contributed by atoms with Crippen LogP contribution in [0, 0.1) is 0 Å². The number of ether oxygens (including phenoxy) is 2. The minimum Gasteiger partial charge on any atom is -0.550 e. The Labute approximate surface area is 255 Å². The Morgan fingerprint density at radius 1 is 0.590 bits per heavy atom. The van der Waals surface area contributed by atoms with Crippen LogP contribution in [0.1, 0.15) is 25.7 Å². The number of hydrogen-bond donors (Lipinski definition) is 2. The number of carbonyl (C=O) groups excluding carboxylic acids is 6. The first-order valence-corrected chi connectivity index (χ1v) is 11.1. The van der Waals surface area contributed by atoms with Crippen molar-refractivity contribution in [3.8, 4) is 0 Å². The number of carbonyl (C=O) groups is 6. The molecule has 2 unspecified atom stereocenters. The number of carboxylic acids is 4. The molecular weight excluding hydrogens is 556 g/mol. The summed E-state index contributed by atoms with van der Waals surface area (Å²) < 4.78 is 10.5. The van der Waals surface area contributed by atoms with E-state index in [2.05, 4.69) is 0 Å². The van der Waals surface area contributed by atoms with Gasteiger partial charge in [0.2, 0.25) is 0 Å². The van der Waals surface area contributed by atoms with Crippen LogP contribution >= 0.6 is 0 Å². The molecule has 0 saturated heterocycles. The van der Waals surface area contributed by atoms with Gasteiger partial charge in [-0.1, -0.05) is 0 Å². The molecule has 0 aliphatic carbocycles. The van der Waals surface area contributed by atoms with Crippen LogP contribution in [0.4, 0.5) is 0 Å². The third-order valence-corrected chi connectivity index (χ3v) is 4.56. The smallest absolute Gasteiger partial charge is 0.550 e. The van der Waals surface area contributed by atoms with E-state index >= 15 is 0 Å². The van der Waals surface area contributed by atoms with Gasteiger partial charge in [0.1, 0.15) is 37.5 Å². The third kappa shape index (κ3) is 21.4. The van der Waals surface area contributed by atoms with E-state index in [1.807, 2.05) is 42.3 Å². The zero-order valence-corrected chi connectivity index (χ0v) is 25.3. The number of aliphatic carboxylic acids is 4. The van der Waals surface area contributed by atoms with Gasteiger partial charge in [-0.2, -0.15) is 0 Å². The minimum atomic E-state index is -2.81. The molecule has 2 N–H and O–H groups in total. The fraction of sp³-hybridized carbons (Fsp3) is 0.727. The van der Waals surface area contributed by atoms with Crippen LogP contribution < -0.4 is 20.4 Å². The quantitative estimate of drug-likeness (QED) is 0.0959. The molecule has 0 bridgehead atoms. The number of aliphatic hydroxyl groups is 2. The van der Waals surface area contributed by atoms with Crippen LogP contribution in [0.15, 0.2) is 0 Å². The van der Waals surface area contributed by atoms with Gasteiger partial charge in [0.15, 0.2) is 0 Å². The number of rotatable bonds is 16. The van der Waals surface area contributed by atoms with E-state index in [0.717, 1.165) is 0 Å². The van der Waals surface area contributed by atoms with Crippen molar-refractivity contribution in [3.63, 3.8) is 0 Å². The molecule has 0 heterocycles. The fourth-order valence-corrected chi connectivity index (χ4v) is 2.34. The number of esters is 2. The maximum Gasteiger partial charge on any atom is 2.00 e. The Balaban J connectivity index is -0.000000648. The van der Waals surface area contributed by atoms with Crippen LogP contribution in [-0.2, 0) is 38.2 Å². The first kappa shape index (κ1) is 41.4. The van der Waals surface area contributed by atoms with E-state index in [4.69, 9.17) is 9.47 Å². The molecular formula is C22H36CaN2O14. The van der Waals surface area contributed by atoms with Gasteiger partial charge in [-0.3, -0.25) is 9.59 Å². The zero-order valence-electron chi connectivity index (χ0n) is 23.1. The van der Waals surface area contributed by atoms with Gasteiger partial charge in [0.05, 0.1) is 67.1 Å². The summed E-state index contributed by atoms with van der Waals surface area (Å²) in [6.45, 7) is 1.01. The molecule has 0 amide bonds. The Hall–Kier alpha value is -2.08. The van der Waals surface area contributed by atoms with Crippen molar-refractivity contribution in [3.05, 3.63) is 0 Å². The summed E-state index contributed by atoms with van der Waals surface area (Å²) >= 11 is 0. The molecule has 0 aromatic carbocycles. The molecule has 0 fully saturated rings.